The third-order valence-electron chi connectivity index (χ3n) is 3.24. The Kier molecular flexibility index (Phi) is 2.69. The van der Waals surface area contributed by atoms with Gasteiger partial charge in [0.15, 0.2) is 4.96 Å². The minimum absolute atomic E-state index is 0.0660. The van der Waals surface area contributed by atoms with Crippen LogP contribution >= 0.6 is 11.3 Å². The summed E-state index contributed by atoms with van der Waals surface area (Å²) < 4.78 is 2.07. The van der Waals surface area contributed by atoms with Crippen molar-refractivity contribution in [1.82, 2.24) is 9.38 Å². The molecule has 1 unspecified atom stereocenters. The van der Waals surface area contributed by atoms with Gasteiger partial charge in [0.05, 0.1) is 11.8 Å². The highest BCUT2D eigenvalue weighted by Gasteiger charge is 2.28. The first-order valence-corrected chi connectivity index (χ1v) is 6.80. The summed E-state index contributed by atoms with van der Waals surface area (Å²) in [4.78, 5) is 5.60. The summed E-state index contributed by atoms with van der Waals surface area (Å²) in [5.41, 5.74) is 1.15. The first-order chi connectivity index (χ1) is 7.83. The number of hydrogen-bond donors (Lipinski definition) is 1. The fraction of sp³-hybridized carbons (Fsp3) is 0.583. The van der Waals surface area contributed by atoms with Crippen LogP contribution in [0.4, 0.5) is 0 Å². The van der Waals surface area contributed by atoms with E-state index in [9.17, 15) is 5.11 Å². The molecule has 16 heavy (non-hydrogen) atoms. The molecular weight excluding hydrogens is 220 g/mol. The van der Waals surface area contributed by atoms with Gasteiger partial charge in [-0.2, -0.15) is 0 Å². The van der Waals surface area contributed by atoms with Gasteiger partial charge in [0, 0.05) is 17.8 Å². The minimum atomic E-state index is -0.0660. The van der Waals surface area contributed by atoms with Crippen LogP contribution in [0.15, 0.2) is 17.8 Å². The molecule has 1 atom stereocenters. The topological polar surface area (TPSA) is 37.5 Å². The van der Waals surface area contributed by atoms with Gasteiger partial charge in [-0.05, 0) is 38.0 Å². The fourth-order valence-corrected chi connectivity index (χ4v) is 2.82. The quantitative estimate of drug-likeness (QED) is 0.866. The van der Waals surface area contributed by atoms with E-state index in [1.165, 1.54) is 12.8 Å². The molecule has 2 aromatic rings. The summed E-state index contributed by atoms with van der Waals surface area (Å²) in [5.74, 6) is 0.602. The molecule has 1 aliphatic rings. The van der Waals surface area contributed by atoms with Crippen molar-refractivity contribution in [3.05, 3.63) is 23.5 Å². The largest absolute Gasteiger partial charge is 0.393 e. The van der Waals surface area contributed by atoms with Crippen LogP contribution in [0.1, 0.15) is 31.4 Å². The molecule has 0 bridgehead atoms. The highest BCUT2D eigenvalue weighted by molar-refractivity contribution is 7.15. The lowest BCUT2D eigenvalue weighted by molar-refractivity contribution is 0.139. The average Bonchev–Trinajstić information content (AvgIpc) is 2.91. The smallest absolute Gasteiger partial charge is 0.193 e. The molecule has 86 valence electrons. The van der Waals surface area contributed by atoms with Gasteiger partial charge in [-0.1, -0.05) is 0 Å². The maximum absolute atomic E-state index is 9.74. The number of aromatic nitrogens is 2. The van der Waals surface area contributed by atoms with Gasteiger partial charge in [0.2, 0.25) is 0 Å². The maximum atomic E-state index is 9.74. The molecular formula is C12H16N2OS. The van der Waals surface area contributed by atoms with E-state index in [4.69, 9.17) is 0 Å². The number of imidazole rings is 1. The summed E-state index contributed by atoms with van der Waals surface area (Å²) in [5, 5.41) is 11.8. The van der Waals surface area contributed by atoms with Gasteiger partial charge in [-0.25, -0.2) is 4.98 Å². The highest BCUT2D eigenvalue weighted by atomic mass is 32.1. The standard InChI is InChI=1S/C12H16N2OS/c15-11(9-4-5-9)3-1-2-10-8-14-6-7-16-12(14)13-10/h6-9,11,15H,1-5H2. The van der Waals surface area contributed by atoms with Crippen LogP contribution in [0, 0.1) is 5.92 Å². The fourth-order valence-electron chi connectivity index (χ4n) is 2.11. The minimum Gasteiger partial charge on any atom is -0.393 e. The number of rotatable bonds is 5. The summed E-state index contributed by atoms with van der Waals surface area (Å²) in [6.07, 6.45) is 9.47. The lowest BCUT2D eigenvalue weighted by atomic mass is 10.1. The molecule has 0 aromatic carbocycles. The number of thiazole rings is 1. The molecule has 0 spiro atoms. The Morgan fingerprint density at radius 3 is 3.19 bits per heavy atom. The molecule has 4 heteroatoms. The van der Waals surface area contributed by atoms with Crippen molar-refractivity contribution in [3.8, 4) is 0 Å². The molecule has 1 N–H and O–H groups in total. The van der Waals surface area contributed by atoms with E-state index in [1.54, 1.807) is 11.3 Å². The van der Waals surface area contributed by atoms with Gasteiger partial charge in [-0.3, -0.25) is 4.40 Å². The Bertz CT molecular complexity index is 444. The highest BCUT2D eigenvalue weighted by Crippen LogP contribution is 2.34. The van der Waals surface area contributed by atoms with Gasteiger partial charge >= 0.3 is 0 Å². The maximum Gasteiger partial charge on any atom is 0.193 e. The zero-order chi connectivity index (χ0) is 11.0. The average molecular weight is 236 g/mol. The molecule has 2 heterocycles. The van der Waals surface area contributed by atoms with E-state index in [0.717, 1.165) is 29.9 Å². The van der Waals surface area contributed by atoms with E-state index in [2.05, 4.69) is 15.6 Å². The molecule has 0 saturated heterocycles. The van der Waals surface area contributed by atoms with E-state index < -0.39 is 0 Å². The lowest BCUT2D eigenvalue weighted by Gasteiger charge is -2.06. The van der Waals surface area contributed by atoms with Crippen molar-refractivity contribution in [2.24, 2.45) is 5.92 Å². The van der Waals surface area contributed by atoms with Crippen molar-refractivity contribution >= 4 is 16.3 Å². The molecule has 0 radical (unpaired) electrons. The third kappa shape index (κ3) is 2.13. The van der Waals surface area contributed by atoms with Crippen molar-refractivity contribution < 1.29 is 5.11 Å². The predicted octanol–water partition coefficient (Wildman–Crippen LogP) is 2.49. The van der Waals surface area contributed by atoms with Gasteiger partial charge in [0.25, 0.3) is 0 Å². The van der Waals surface area contributed by atoms with E-state index in [1.807, 2.05) is 11.6 Å². The summed E-state index contributed by atoms with van der Waals surface area (Å²) >= 11 is 1.67. The second kappa shape index (κ2) is 4.18. The molecule has 2 aromatic heterocycles. The van der Waals surface area contributed by atoms with Crippen LogP contribution in [-0.4, -0.2) is 20.6 Å². The van der Waals surface area contributed by atoms with Gasteiger partial charge < -0.3 is 5.11 Å². The summed E-state index contributed by atoms with van der Waals surface area (Å²) in [6.45, 7) is 0. The molecule has 1 aliphatic carbocycles. The van der Waals surface area contributed by atoms with Crippen LogP contribution < -0.4 is 0 Å². The molecule has 3 nitrogen and oxygen atoms in total. The third-order valence-corrected chi connectivity index (χ3v) is 4.01. The zero-order valence-electron chi connectivity index (χ0n) is 9.17. The van der Waals surface area contributed by atoms with E-state index in [0.29, 0.717) is 5.92 Å². The molecule has 0 amide bonds. The van der Waals surface area contributed by atoms with Crippen molar-refractivity contribution in [2.75, 3.05) is 0 Å². The van der Waals surface area contributed by atoms with Crippen LogP contribution in [0.25, 0.3) is 4.96 Å². The normalized spacial score (nSPS) is 18.1. The first-order valence-electron chi connectivity index (χ1n) is 5.92. The Hall–Kier alpha value is -0.870. The Labute approximate surface area is 98.8 Å². The molecule has 3 rings (SSSR count). The van der Waals surface area contributed by atoms with E-state index >= 15 is 0 Å². The Morgan fingerprint density at radius 1 is 1.56 bits per heavy atom. The van der Waals surface area contributed by atoms with Crippen LogP contribution in [-0.2, 0) is 6.42 Å². The number of aryl methyl sites for hydroxylation is 1. The Balaban J connectivity index is 1.52. The monoisotopic (exact) mass is 236 g/mol. The number of hydrogen-bond acceptors (Lipinski definition) is 3. The zero-order valence-corrected chi connectivity index (χ0v) is 9.99. The second-order valence-electron chi connectivity index (χ2n) is 4.62. The number of aliphatic hydroxyl groups excluding tert-OH is 1. The van der Waals surface area contributed by atoms with Crippen molar-refractivity contribution in [1.29, 1.82) is 0 Å². The van der Waals surface area contributed by atoms with E-state index in [-0.39, 0.29) is 6.10 Å². The number of nitrogens with zero attached hydrogens (tertiary/aromatic N) is 2. The SMILES string of the molecule is OC(CCCc1cn2ccsc2n1)C1CC1. The predicted molar refractivity (Wildman–Crippen MR) is 64.7 cm³/mol. The number of aliphatic hydroxyl groups is 1. The molecule has 1 saturated carbocycles. The summed E-state index contributed by atoms with van der Waals surface area (Å²) in [7, 11) is 0. The van der Waals surface area contributed by atoms with Crippen molar-refractivity contribution in [2.45, 2.75) is 38.2 Å². The molecule has 1 fully saturated rings. The Morgan fingerprint density at radius 2 is 2.44 bits per heavy atom. The van der Waals surface area contributed by atoms with Crippen molar-refractivity contribution in [3.63, 3.8) is 0 Å². The first kappa shape index (κ1) is 10.3. The molecule has 0 aliphatic heterocycles. The second-order valence-corrected chi connectivity index (χ2v) is 5.50. The lowest BCUT2D eigenvalue weighted by Crippen LogP contribution is -2.08. The van der Waals surface area contributed by atoms with Crippen LogP contribution in [0.2, 0.25) is 0 Å². The van der Waals surface area contributed by atoms with Gasteiger partial charge in [0.1, 0.15) is 0 Å². The number of fused-ring (bicyclic) bond motifs is 1. The van der Waals surface area contributed by atoms with Gasteiger partial charge in [-0.15, -0.1) is 11.3 Å². The summed E-state index contributed by atoms with van der Waals surface area (Å²) in [6, 6.07) is 0. The van der Waals surface area contributed by atoms with Crippen LogP contribution in [0.3, 0.4) is 0 Å². The van der Waals surface area contributed by atoms with Crippen LogP contribution in [0.5, 0.6) is 0 Å².